The van der Waals surface area contributed by atoms with Crippen molar-refractivity contribution in [2.24, 2.45) is 0 Å². The fraction of sp³-hybridized carbons (Fsp3) is 0.571. The average molecular weight is 253 g/mol. The topological polar surface area (TPSA) is 50.7 Å². The quantitative estimate of drug-likeness (QED) is 0.695. The molecule has 1 aromatic rings. The van der Waals surface area contributed by atoms with Gasteiger partial charge in [0.25, 0.3) is 0 Å². The number of benzene rings is 1. The van der Waals surface area contributed by atoms with Gasteiger partial charge in [-0.3, -0.25) is 0 Å². The first-order valence-corrected chi connectivity index (χ1v) is 6.28. The molecule has 18 heavy (non-hydrogen) atoms. The summed E-state index contributed by atoms with van der Waals surface area (Å²) in [5, 5.41) is 12.9. The Labute approximate surface area is 109 Å². The lowest BCUT2D eigenvalue weighted by molar-refractivity contribution is -0.122. The molecular weight excluding hydrogens is 230 g/mol. The predicted molar refractivity (Wildman–Crippen MR) is 71.7 cm³/mol. The van der Waals surface area contributed by atoms with Crippen molar-refractivity contribution in [1.29, 1.82) is 0 Å². The molecule has 0 saturated carbocycles. The fourth-order valence-electron chi connectivity index (χ4n) is 1.96. The molecule has 1 rings (SSSR count). The highest BCUT2D eigenvalue weighted by molar-refractivity contribution is 5.27. The smallest absolute Gasteiger partial charge is 0.172 e. The van der Waals surface area contributed by atoms with E-state index in [2.05, 4.69) is 12.2 Å². The van der Waals surface area contributed by atoms with Gasteiger partial charge < -0.3 is 19.9 Å². The summed E-state index contributed by atoms with van der Waals surface area (Å²) < 4.78 is 10.6. The summed E-state index contributed by atoms with van der Waals surface area (Å²) in [5.74, 6) is 0.285. The number of methoxy groups -OCH3 is 2. The van der Waals surface area contributed by atoms with Gasteiger partial charge in [0.15, 0.2) is 6.29 Å². The second kappa shape index (κ2) is 8.08. The van der Waals surface area contributed by atoms with E-state index >= 15 is 0 Å². The summed E-state index contributed by atoms with van der Waals surface area (Å²) in [7, 11) is 3.27. The number of hydrogen-bond acceptors (Lipinski definition) is 4. The summed E-state index contributed by atoms with van der Waals surface area (Å²) in [6.45, 7) is 3.03. The minimum absolute atomic E-state index is 0.0711. The Bertz CT molecular complexity index is 340. The van der Waals surface area contributed by atoms with Crippen molar-refractivity contribution in [1.82, 2.24) is 5.32 Å². The van der Waals surface area contributed by atoms with Gasteiger partial charge in [0.2, 0.25) is 0 Å². The number of rotatable bonds is 8. The first kappa shape index (κ1) is 15.0. The van der Waals surface area contributed by atoms with Crippen molar-refractivity contribution < 1.29 is 14.6 Å². The van der Waals surface area contributed by atoms with E-state index in [1.807, 2.05) is 12.1 Å². The summed E-state index contributed by atoms with van der Waals surface area (Å²) in [6.07, 6.45) is 1.51. The molecular formula is C14H23NO3. The molecule has 4 heteroatoms. The largest absolute Gasteiger partial charge is 0.508 e. The SMILES string of the molecule is CCCNC(Cc1cccc(O)c1)C(OC)OC. The molecule has 0 aliphatic carbocycles. The van der Waals surface area contributed by atoms with Gasteiger partial charge in [0.1, 0.15) is 5.75 Å². The third-order valence-electron chi connectivity index (χ3n) is 2.82. The fourth-order valence-corrected chi connectivity index (χ4v) is 1.96. The maximum Gasteiger partial charge on any atom is 0.172 e. The Kier molecular flexibility index (Phi) is 6.72. The molecule has 0 aliphatic rings. The molecule has 1 atom stereocenters. The van der Waals surface area contributed by atoms with Gasteiger partial charge in [-0.1, -0.05) is 19.1 Å². The highest BCUT2D eigenvalue weighted by Gasteiger charge is 2.20. The Balaban J connectivity index is 2.70. The lowest BCUT2D eigenvalue weighted by atomic mass is 10.0. The third-order valence-corrected chi connectivity index (χ3v) is 2.82. The van der Waals surface area contributed by atoms with E-state index in [4.69, 9.17) is 9.47 Å². The average Bonchev–Trinajstić information content (AvgIpc) is 2.37. The molecule has 2 N–H and O–H groups in total. The van der Waals surface area contributed by atoms with Crippen LogP contribution in [0.4, 0.5) is 0 Å². The van der Waals surface area contributed by atoms with Gasteiger partial charge in [0, 0.05) is 14.2 Å². The zero-order valence-corrected chi connectivity index (χ0v) is 11.3. The van der Waals surface area contributed by atoms with Gasteiger partial charge in [-0.2, -0.15) is 0 Å². The van der Waals surface area contributed by atoms with Crippen LogP contribution in [0, 0.1) is 0 Å². The van der Waals surface area contributed by atoms with Crippen LogP contribution in [0.2, 0.25) is 0 Å². The Hall–Kier alpha value is -1.10. The summed E-state index contributed by atoms with van der Waals surface area (Å²) in [5.41, 5.74) is 1.06. The van der Waals surface area contributed by atoms with Crippen LogP contribution in [0.5, 0.6) is 5.75 Å². The van der Waals surface area contributed by atoms with Crippen molar-refractivity contribution in [2.45, 2.75) is 32.1 Å². The second-order valence-electron chi connectivity index (χ2n) is 4.27. The zero-order chi connectivity index (χ0) is 13.4. The molecule has 0 amide bonds. The van der Waals surface area contributed by atoms with E-state index in [9.17, 15) is 5.11 Å². The first-order valence-electron chi connectivity index (χ1n) is 6.28. The monoisotopic (exact) mass is 253 g/mol. The normalized spacial score (nSPS) is 12.9. The van der Waals surface area contributed by atoms with Crippen molar-refractivity contribution in [3.8, 4) is 5.75 Å². The van der Waals surface area contributed by atoms with Crippen LogP contribution >= 0.6 is 0 Å². The number of hydrogen-bond donors (Lipinski definition) is 2. The zero-order valence-electron chi connectivity index (χ0n) is 11.3. The standard InChI is InChI=1S/C14H23NO3/c1-4-8-15-13(14(17-2)18-3)10-11-6-5-7-12(16)9-11/h5-7,9,13-16H,4,8,10H2,1-3H3. The van der Waals surface area contributed by atoms with Crippen LogP contribution < -0.4 is 5.32 Å². The lowest BCUT2D eigenvalue weighted by Gasteiger charge is -2.26. The van der Waals surface area contributed by atoms with Gasteiger partial charge in [-0.25, -0.2) is 0 Å². The predicted octanol–water partition coefficient (Wildman–Crippen LogP) is 1.92. The van der Waals surface area contributed by atoms with E-state index in [0.29, 0.717) is 0 Å². The summed E-state index contributed by atoms with van der Waals surface area (Å²) >= 11 is 0. The van der Waals surface area contributed by atoms with E-state index in [-0.39, 0.29) is 18.1 Å². The number of phenolic OH excluding ortho intramolecular Hbond substituents is 1. The molecule has 1 aromatic carbocycles. The van der Waals surface area contributed by atoms with Crippen LogP contribution in [0.3, 0.4) is 0 Å². The van der Waals surface area contributed by atoms with Crippen molar-refractivity contribution in [3.05, 3.63) is 29.8 Å². The minimum atomic E-state index is -0.293. The second-order valence-corrected chi connectivity index (χ2v) is 4.27. The molecule has 0 fully saturated rings. The maximum absolute atomic E-state index is 9.47. The molecule has 102 valence electrons. The Morgan fingerprint density at radius 1 is 1.28 bits per heavy atom. The number of ether oxygens (including phenoxy) is 2. The van der Waals surface area contributed by atoms with E-state index in [1.165, 1.54) is 0 Å². The Morgan fingerprint density at radius 2 is 2.00 bits per heavy atom. The maximum atomic E-state index is 9.47. The van der Waals surface area contributed by atoms with Gasteiger partial charge in [-0.15, -0.1) is 0 Å². The minimum Gasteiger partial charge on any atom is -0.508 e. The van der Waals surface area contributed by atoms with Crippen LogP contribution in [-0.4, -0.2) is 38.2 Å². The third kappa shape index (κ3) is 4.64. The van der Waals surface area contributed by atoms with E-state index in [1.54, 1.807) is 26.4 Å². The van der Waals surface area contributed by atoms with Gasteiger partial charge >= 0.3 is 0 Å². The van der Waals surface area contributed by atoms with Crippen molar-refractivity contribution in [2.75, 3.05) is 20.8 Å². The van der Waals surface area contributed by atoms with Crippen molar-refractivity contribution >= 4 is 0 Å². The van der Waals surface area contributed by atoms with Crippen LogP contribution in [0.1, 0.15) is 18.9 Å². The van der Waals surface area contributed by atoms with Gasteiger partial charge in [-0.05, 0) is 37.1 Å². The highest BCUT2D eigenvalue weighted by atomic mass is 16.7. The highest BCUT2D eigenvalue weighted by Crippen LogP contribution is 2.14. The summed E-state index contributed by atoms with van der Waals surface area (Å²) in [4.78, 5) is 0. The molecule has 4 nitrogen and oxygen atoms in total. The van der Waals surface area contributed by atoms with Crippen LogP contribution in [0.25, 0.3) is 0 Å². The van der Waals surface area contributed by atoms with Gasteiger partial charge in [0.05, 0.1) is 6.04 Å². The molecule has 0 spiro atoms. The molecule has 0 saturated heterocycles. The number of phenols is 1. The van der Waals surface area contributed by atoms with Crippen LogP contribution in [-0.2, 0) is 15.9 Å². The number of aromatic hydroxyl groups is 1. The van der Waals surface area contributed by atoms with E-state index < -0.39 is 0 Å². The van der Waals surface area contributed by atoms with Crippen LogP contribution in [0.15, 0.2) is 24.3 Å². The molecule has 0 bridgehead atoms. The Morgan fingerprint density at radius 3 is 2.56 bits per heavy atom. The molecule has 0 aliphatic heterocycles. The molecule has 0 aromatic heterocycles. The van der Waals surface area contributed by atoms with E-state index in [0.717, 1.165) is 24.9 Å². The number of nitrogens with one attached hydrogen (secondary N) is 1. The molecule has 0 radical (unpaired) electrons. The first-order chi connectivity index (χ1) is 8.71. The van der Waals surface area contributed by atoms with Crippen molar-refractivity contribution in [3.63, 3.8) is 0 Å². The molecule has 0 heterocycles. The molecule has 1 unspecified atom stereocenters. The lowest BCUT2D eigenvalue weighted by Crippen LogP contribution is -2.44. The summed E-state index contributed by atoms with van der Waals surface area (Å²) in [6, 6.07) is 7.34.